The third-order valence-corrected chi connectivity index (χ3v) is 4.40. The van der Waals surface area contributed by atoms with Crippen LogP contribution in [-0.2, 0) is 13.5 Å². The number of carbonyl (C=O) groups is 1. The first-order valence-electron chi connectivity index (χ1n) is 7.64. The topological polar surface area (TPSA) is 34.0 Å². The van der Waals surface area contributed by atoms with E-state index in [1.165, 1.54) is 0 Å². The first-order valence-corrected chi connectivity index (χ1v) is 8.02. The normalized spacial score (nSPS) is 10.9. The van der Waals surface area contributed by atoms with Crippen molar-refractivity contribution in [3.05, 3.63) is 70.4 Å². The summed E-state index contributed by atoms with van der Waals surface area (Å²) >= 11 is 5.98. The van der Waals surface area contributed by atoms with E-state index in [1.807, 2.05) is 67.1 Å². The molecule has 2 aromatic carbocycles. The number of fused-ring (bicyclic) bond motifs is 1. The van der Waals surface area contributed by atoms with Gasteiger partial charge < -0.3 is 9.88 Å². The highest BCUT2D eigenvalue weighted by molar-refractivity contribution is 6.30. The van der Waals surface area contributed by atoms with E-state index in [4.69, 9.17) is 11.6 Å². The number of nitrogens with one attached hydrogen (secondary N) is 1. The van der Waals surface area contributed by atoms with Crippen LogP contribution in [0, 0.1) is 6.92 Å². The minimum atomic E-state index is -0.0387. The van der Waals surface area contributed by atoms with E-state index in [1.54, 1.807) is 0 Å². The lowest BCUT2D eigenvalue weighted by molar-refractivity contribution is 0.0946. The fourth-order valence-corrected chi connectivity index (χ4v) is 3.21. The largest absolute Gasteiger partial charge is 0.350 e. The van der Waals surface area contributed by atoms with Gasteiger partial charge >= 0.3 is 0 Å². The molecule has 0 saturated heterocycles. The molecule has 0 bridgehead atoms. The summed E-state index contributed by atoms with van der Waals surface area (Å²) in [6.07, 6.45) is 0.759. The van der Waals surface area contributed by atoms with Crippen LogP contribution >= 0.6 is 11.6 Å². The van der Waals surface area contributed by atoms with Crippen LogP contribution in [-0.4, -0.2) is 17.0 Å². The summed E-state index contributed by atoms with van der Waals surface area (Å²) in [6, 6.07) is 15.8. The van der Waals surface area contributed by atoms with Gasteiger partial charge in [0.1, 0.15) is 5.69 Å². The molecule has 3 nitrogen and oxygen atoms in total. The molecule has 0 saturated carbocycles. The molecule has 0 atom stereocenters. The first-order chi connectivity index (χ1) is 11.1. The average Bonchev–Trinajstić information content (AvgIpc) is 2.79. The number of aromatic nitrogens is 1. The summed E-state index contributed by atoms with van der Waals surface area (Å²) in [5.74, 6) is -0.0387. The Morgan fingerprint density at radius 3 is 2.70 bits per heavy atom. The number of hydrogen-bond acceptors (Lipinski definition) is 1. The van der Waals surface area contributed by atoms with E-state index in [0.29, 0.717) is 6.54 Å². The molecule has 0 aliphatic rings. The van der Waals surface area contributed by atoms with Gasteiger partial charge in [-0.25, -0.2) is 0 Å². The fourth-order valence-electron chi connectivity index (χ4n) is 3.00. The second-order valence-corrected chi connectivity index (χ2v) is 6.12. The molecule has 0 fully saturated rings. The Balaban J connectivity index is 1.74. The minimum absolute atomic E-state index is 0.0387. The van der Waals surface area contributed by atoms with Crippen LogP contribution in [0.1, 0.15) is 21.6 Å². The predicted molar refractivity (Wildman–Crippen MR) is 95.1 cm³/mol. The maximum Gasteiger partial charge on any atom is 0.268 e. The molecule has 118 valence electrons. The summed E-state index contributed by atoms with van der Waals surface area (Å²) < 4.78 is 1.96. The van der Waals surface area contributed by atoms with Crippen LogP contribution in [0.5, 0.6) is 0 Å². The number of halogens is 1. The molecule has 3 rings (SSSR count). The lowest BCUT2D eigenvalue weighted by Gasteiger charge is -2.08. The molecular formula is C19H19ClN2O. The van der Waals surface area contributed by atoms with Gasteiger partial charge in [0.25, 0.3) is 5.91 Å². The molecule has 0 radical (unpaired) electrons. The van der Waals surface area contributed by atoms with E-state index in [2.05, 4.69) is 5.32 Å². The van der Waals surface area contributed by atoms with E-state index < -0.39 is 0 Å². The van der Waals surface area contributed by atoms with Crippen molar-refractivity contribution < 1.29 is 4.79 Å². The smallest absolute Gasteiger partial charge is 0.268 e. The highest BCUT2D eigenvalue weighted by Crippen LogP contribution is 2.24. The van der Waals surface area contributed by atoms with Crippen LogP contribution in [0.2, 0.25) is 5.02 Å². The molecule has 3 aromatic rings. The van der Waals surface area contributed by atoms with E-state index in [9.17, 15) is 4.79 Å². The van der Waals surface area contributed by atoms with Crippen molar-refractivity contribution in [3.8, 4) is 0 Å². The summed E-state index contributed by atoms with van der Waals surface area (Å²) in [6.45, 7) is 2.58. The van der Waals surface area contributed by atoms with Gasteiger partial charge in [0.05, 0.1) is 0 Å². The number of rotatable bonds is 4. The molecule has 0 aliphatic carbocycles. The van der Waals surface area contributed by atoms with Crippen molar-refractivity contribution in [3.63, 3.8) is 0 Å². The number of hydrogen-bond donors (Lipinski definition) is 1. The van der Waals surface area contributed by atoms with Gasteiger partial charge in [-0.2, -0.15) is 0 Å². The summed E-state index contributed by atoms with van der Waals surface area (Å²) in [7, 11) is 1.93. The van der Waals surface area contributed by atoms with Gasteiger partial charge in [0, 0.05) is 29.5 Å². The van der Waals surface area contributed by atoms with Crippen molar-refractivity contribution in [1.29, 1.82) is 0 Å². The molecule has 1 heterocycles. The molecular weight excluding hydrogens is 308 g/mol. The Morgan fingerprint density at radius 2 is 1.96 bits per heavy atom. The fraction of sp³-hybridized carbons (Fsp3) is 0.211. The highest BCUT2D eigenvalue weighted by atomic mass is 35.5. The van der Waals surface area contributed by atoms with Gasteiger partial charge in [-0.3, -0.25) is 4.79 Å². The highest BCUT2D eigenvalue weighted by Gasteiger charge is 2.17. The van der Waals surface area contributed by atoms with Crippen molar-refractivity contribution in [2.75, 3.05) is 6.54 Å². The molecule has 1 aromatic heterocycles. The van der Waals surface area contributed by atoms with Crippen LogP contribution in [0.3, 0.4) is 0 Å². The molecule has 4 heteroatoms. The van der Waals surface area contributed by atoms with Crippen molar-refractivity contribution in [2.24, 2.45) is 7.05 Å². The number of carbonyl (C=O) groups excluding carboxylic acids is 1. The third-order valence-electron chi connectivity index (χ3n) is 4.16. The molecule has 0 spiro atoms. The number of benzene rings is 2. The zero-order valence-electron chi connectivity index (χ0n) is 13.3. The molecule has 1 amide bonds. The maximum absolute atomic E-state index is 12.6. The Labute approximate surface area is 140 Å². The van der Waals surface area contributed by atoms with Crippen molar-refractivity contribution in [1.82, 2.24) is 9.88 Å². The lowest BCUT2D eigenvalue weighted by atomic mass is 10.1. The summed E-state index contributed by atoms with van der Waals surface area (Å²) in [5, 5.41) is 4.85. The number of amides is 1. The van der Waals surface area contributed by atoms with E-state index in [-0.39, 0.29) is 5.91 Å². The standard InChI is InChI=1S/C19H19ClN2O/c1-13-16-8-3-4-9-17(16)22(2)18(13)19(23)21-11-10-14-6-5-7-15(20)12-14/h3-9,12H,10-11H2,1-2H3,(H,21,23). The molecule has 23 heavy (non-hydrogen) atoms. The molecule has 1 N–H and O–H groups in total. The zero-order valence-corrected chi connectivity index (χ0v) is 14.0. The maximum atomic E-state index is 12.6. The van der Waals surface area contributed by atoms with Gasteiger partial charge in [0.2, 0.25) is 0 Å². The first kappa shape index (κ1) is 15.6. The number of para-hydroxylation sites is 1. The Morgan fingerprint density at radius 1 is 1.17 bits per heavy atom. The van der Waals surface area contributed by atoms with Gasteiger partial charge in [0.15, 0.2) is 0 Å². The second kappa shape index (κ2) is 6.47. The third kappa shape index (κ3) is 3.10. The van der Waals surface area contributed by atoms with Crippen LogP contribution in [0.25, 0.3) is 10.9 Å². The predicted octanol–water partition coefficient (Wildman–Crippen LogP) is 4.11. The SMILES string of the molecule is Cc1c(C(=O)NCCc2cccc(Cl)c2)n(C)c2ccccc12. The molecule has 0 unspecified atom stereocenters. The number of nitrogens with zero attached hydrogens (tertiary/aromatic N) is 1. The Hall–Kier alpha value is -2.26. The van der Waals surface area contributed by atoms with E-state index >= 15 is 0 Å². The van der Waals surface area contributed by atoms with Crippen LogP contribution < -0.4 is 5.32 Å². The van der Waals surface area contributed by atoms with Gasteiger partial charge in [-0.1, -0.05) is 41.9 Å². The van der Waals surface area contributed by atoms with Crippen LogP contribution in [0.15, 0.2) is 48.5 Å². The number of aryl methyl sites for hydroxylation is 2. The second-order valence-electron chi connectivity index (χ2n) is 5.69. The zero-order chi connectivity index (χ0) is 16.4. The minimum Gasteiger partial charge on any atom is -0.350 e. The molecule has 0 aliphatic heterocycles. The Kier molecular flexibility index (Phi) is 4.39. The Bertz CT molecular complexity index is 828. The average molecular weight is 327 g/mol. The quantitative estimate of drug-likeness (QED) is 0.769. The lowest BCUT2D eigenvalue weighted by Crippen LogP contribution is -2.28. The summed E-state index contributed by atoms with van der Waals surface area (Å²) in [5.41, 5.74) is 3.93. The monoisotopic (exact) mass is 326 g/mol. The van der Waals surface area contributed by atoms with E-state index in [0.717, 1.165) is 39.2 Å². The summed E-state index contributed by atoms with van der Waals surface area (Å²) in [4.78, 5) is 12.6. The van der Waals surface area contributed by atoms with Gasteiger partial charge in [-0.05, 0) is 42.7 Å². The van der Waals surface area contributed by atoms with Crippen molar-refractivity contribution >= 4 is 28.4 Å². The van der Waals surface area contributed by atoms with Gasteiger partial charge in [-0.15, -0.1) is 0 Å². The van der Waals surface area contributed by atoms with Crippen LogP contribution in [0.4, 0.5) is 0 Å². The van der Waals surface area contributed by atoms with Crippen molar-refractivity contribution in [2.45, 2.75) is 13.3 Å².